The van der Waals surface area contributed by atoms with Gasteiger partial charge in [0.2, 0.25) is 5.91 Å². The van der Waals surface area contributed by atoms with Gasteiger partial charge in [0.05, 0.1) is 6.61 Å². The first kappa shape index (κ1) is 15.5. The molecule has 3 N–H and O–H groups in total. The molecular weight excluding hydrogens is 240 g/mol. The van der Waals surface area contributed by atoms with Gasteiger partial charge in [0.15, 0.2) is 0 Å². The maximum Gasteiger partial charge on any atom is 0.227 e. The molecule has 4 nitrogen and oxygen atoms in total. The monoisotopic (exact) mass is 264 g/mol. The van der Waals surface area contributed by atoms with Gasteiger partial charge in [-0.3, -0.25) is 4.79 Å². The van der Waals surface area contributed by atoms with Crippen LogP contribution in [0.1, 0.15) is 32.3 Å². The summed E-state index contributed by atoms with van der Waals surface area (Å²) >= 11 is 0. The summed E-state index contributed by atoms with van der Waals surface area (Å²) in [6.07, 6.45) is 1.69. The maximum absolute atomic E-state index is 12.0. The highest BCUT2D eigenvalue weighted by Crippen LogP contribution is 2.22. The lowest BCUT2D eigenvalue weighted by Crippen LogP contribution is -2.21. The summed E-state index contributed by atoms with van der Waals surface area (Å²) < 4.78 is 5.42. The Morgan fingerprint density at radius 2 is 2.21 bits per heavy atom. The lowest BCUT2D eigenvalue weighted by molar-refractivity contribution is -0.119. The molecule has 0 fully saturated rings. The third kappa shape index (κ3) is 4.91. The molecule has 1 aromatic rings. The van der Waals surface area contributed by atoms with Crippen LogP contribution in [0.4, 0.5) is 5.69 Å². The summed E-state index contributed by atoms with van der Waals surface area (Å²) in [6.45, 7) is 7.10. The van der Waals surface area contributed by atoms with E-state index in [1.807, 2.05) is 39.0 Å². The van der Waals surface area contributed by atoms with E-state index in [0.717, 1.165) is 29.8 Å². The first-order valence-corrected chi connectivity index (χ1v) is 6.82. The Hall–Kier alpha value is -1.55. The molecule has 106 valence electrons. The Bertz CT molecular complexity index is 419. The van der Waals surface area contributed by atoms with Gasteiger partial charge in [-0.1, -0.05) is 6.92 Å². The van der Waals surface area contributed by atoms with Crippen molar-refractivity contribution in [1.29, 1.82) is 0 Å². The van der Waals surface area contributed by atoms with Gasteiger partial charge in [0.1, 0.15) is 5.75 Å². The van der Waals surface area contributed by atoms with Crippen LogP contribution in [0.15, 0.2) is 18.2 Å². The number of hydrogen-bond acceptors (Lipinski definition) is 3. The number of amides is 1. The molecule has 0 saturated carbocycles. The topological polar surface area (TPSA) is 64.3 Å². The molecule has 0 aliphatic heterocycles. The van der Waals surface area contributed by atoms with Crippen molar-refractivity contribution in [2.45, 2.75) is 33.6 Å². The minimum absolute atomic E-state index is 0.0190. The predicted octanol–water partition coefficient (Wildman–Crippen LogP) is 2.71. The number of carbonyl (C=O) groups excluding carboxylic acids is 1. The molecule has 1 unspecified atom stereocenters. The second-order valence-electron chi connectivity index (χ2n) is 4.73. The van der Waals surface area contributed by atoms with Crippen molar-refractivity contribution in [2.24, 2.45) is 11.7 Å². The van der Waals surface area contributed by atoms with Gasteiger partial charge in [-0.25, -0.2) is 0 Å². The molecule has 1 atom stereocenters. The average Bonchev–Trinajstić information content (AvgIpc) is 2.39. The number of aryl methyl sites for hydroxylation is 1. The van der Waals surface area contributed by atoms with Crippen LogP contribution >= 0.6 is 0 Å². The number of benzene rings is 1. The second-order valence-corrected chi connectivity index (χ2v) is 4.73. The number of rotatable bonds is 7. The molecule has 0 bridgehead atoms. The van der Waals surface area contributed by atoms with Crippen molar-refractivity contribution < 1.29 is 9.53 Å². The Morgan fingerprint density at radius 3 is 2.79 bits per heavy atom. The Labute approximate surface area is 115 Å². The van der Waals surface area contributed by atoms with Gasteiger partial charge in [-0.2, -0.15) is 0 Å². The third-order valence-corrected chi connectivity index (χ3v) is 3.06. The van der Waals surface area contributed by atoms with Gasteiger partial charge in [-0.15, -0.1) is 0 Å². The number of hydrogen-bond donors (Lipinski definition) is 2. The SMILES string of the molecule is CCOc1ccc(NC(=O)C(C)CCCN)c(C)c1. The first-order chi connectivity index (χ1) is 9.08. The van der Waals surface area contributed by atoms with Crippen molar-refractivity contribution in [3.05, 3.63) is 23.8 Å². The van der Waals surface area contributed by atoms with E-state index in [-0.39, 0.29) is 11.8 Å². The zero-order chi connectivity index (χ0) is 14.3. The Balaban J connectivity index is 2.63. The predicted molar refractivity (Wildman–Crippen MR) is 78.4 cm³/mol. The van der Waals surface area contributed by atoms with Crippen LogP contribution in [0.3, 0.4) is 0 Å². The molecule has 0 spiro atoms. The quantitative estimate of drug-likeness (QED) is 0.796. The van der Waals surface area contributed by atoms with E-state index < -0.39 is 0 Å². The highest BCUT2D eigenvalue weighted by atomic mass is 16.5. The number of ether oxygens (including phenoxy) is 1. The molecule has 1 rings (SSSR count). The fraction of sp³-hybridized carbons (Fsp3) is 0.533. The molecule has 19 heavy (non-hydrogen) atoms. The highest BCUT2D eigenvalue weighted by Gasteiger charge is 2.13. The largest absolute Gasteiger partial charge is 0.494 e. The maximum atomic E-state index is 12.0. The van der Waals surface area contributed by atoms with Gasteiger partial charge in [0.25, 0.3) is 0 Å². The summed E-state index contributed by atoms with van der Waals surface area (Å²) in [6, 6.07) is 5.69. The minimum Gasteiger partial charge on any atom is -0.494 e. The average molecular weight is 264 g/mol. The van der Waals surface area contributed by atoms with Gasteiger partial charge in [0, 0.05) is 11.6 Å². The van der Waals surface area contributed by atoms with Gasteiger partial charge < -0.3 is 15.8 Å². The van der Waals surface area contributed by atoms with Crippen LogP contribution in [-0.2, 0) is 4.79 Å². The molecule has 1 aromatic carbocycles. The van der Waals surface area contributed by atoms with Crippen LogP contribution in [0.5, 0.6) is 5.75 Å². The van der Waals surface area contributed by atoms with E-state index in [9.17, 15) is 4.79 Å². The number of anilines is 1. The van der Waals surface area contributed by atoms with Crippen LogP contribution in [0, 0.1) is 12.8 Å². The smallest absolute Gasteiger partial charge is 0.227 e. The third-order valence-electron chi connectivity index (χ3n) is 3.06. The Morgan fingerprint density at radius 1 is 1.47 bits per heavy atom. The molecule has 0 heterocycles. The van der Waals surface area contributed by atoms with Gasteiger partial charge >= 0.3 is 0 Å². The van der Waals surface area contributed by atoms with Crippen molar-refractivity contribution in [1.82, 2.24) is 0 Å². The lowest BCUT2D eigenvalue weighted by atomic mass is 10.0. The number of nitrogens with two attached hydrogens (primary N) is 1. The van der Waals surface area contributed by atoms with Crippen LogP contribution < -0.4 is 15.8 Å². The van der Waals surface area contributed by atoms with E-state index in [4.69, 9.17) is 10.5 Å². The van der Waals surface area contributed by atoms with Crippen molar-refractivity contribution in [2.75, 3.05) is 18.5 Å². The zero-order valence-corrected chi connectivity index (χ0v) is 12.0. The fourth-order valence-electron chi connectivity index (χ4n) is 1.84. The van der Waals surface area contributed by atoms with Crippen molar-refractivity contribution in [3.8, 4) is 5.75 Å². The Kier molecular flexibility index (Phi) is 6.36. The molecule has 0 aromatic heterocycles. The molecular formula is C15H24N2O2. The summed E-state index contributed by atoms with van der Waals surface area (Å²) in [7, 11) is 0. The van der Waals surface area contributed by atoms with Crippen LogP contribution in [0.2, 0.25) is 0 Å². The highest BCUT2D eigenvalue weighted by molar-refractivity contribution is 5.93. The lowest BCUT2D eigenvalue weighted by Gasteiger charge is -2.14. The fourth-order valence-corrected chi connectivity index (χ4v) is 1.84. The number of carbonyl (C=O) groups is 1. The summed E-state index contributed by atoms with van der Waals surface area (Å²) in [5, 5.41) is 2.95. The molecule has 1 amide bonds. The van der Waals surface area contributed by atoms with Gasteiger partial charge in [-0.05, 0) is 57.0 Å². The first-order valence-electron chi connectivity index (χ1n) is 6.82. The van der Waals surface area contributed by atoms with Crippen molar-refractivity contribution >= 4 is 11.6 Å². The minimum atomic E-state index is -0.0190. The van der Waals surface area contributed by atoms with Crippen molar-refractivity contribution in [3.63, 3.8) is 0 Å². The van der Waals surface area contributed by atoms with Crippen LogP contribution in [0.25, 0.3) is 0 Å². The summed E-state index contributed by atoms with van der Waals surface area (Å²) in [5.41, 5.74) is 7.30. The standard InChI is InChI=1S/C15H24N2O2/c1-4-19-13-7-8-14(12(3)10-13)17-15(18)11(2)6-5-9-16/h7-8,10-11H,4-6,9,16H2,1-3H3,(H,17,18). The molecule has 0 radical (unpaired) electrons. The van der Waals surface area contributed by atoms with E-state index >= 15 is 0 Å². The summed E-state index contributed by atoms with van der Waals surface area (Å²) in [4.78, 5) is 12.0. The number of nitrogens with one attached hydrogen (secondary N) is 1. The normalized spacial score (nSPS) is 12.0. The molecule has 4 heteroatoms. The van der Waals surface area contributed by atoms with E-state index in [1.54, 1.807) is 0 Å². The van der Waals surface area contributed by atoms with E-state index in [1.165, 1.54) is 0 Å². The van der Waals surface area contributed by atoms with E-state index in [2.05, 4.69) is 5.32 Å². The van der Waals surface area contributed by atoms with E-state index in [0.29, 0.717) is 13.2 Å². The second kappa shape index (κ2) is 7.79. The van der Waals surface area contributed by atoms with Crippen LogP contribution in [-0.4, -0.2) is 19.1 Å². The zero-order valence-electron chi connectivity index (χ0n) is 12.0. The summed E-state index contributed by atoms with van der Waals surface area (Å²) in [5.74, 6) is 0.851. The molecule has 0 aliphatic carbocycles. The molecule has 0 saturated heterocycles. The molecule has 0 aliphatic rings.